The summed E-state index contributed by atoms with van der Waals surface area (Å²) < 4.78 is 5.42. The van der Waals surface area contributed by atoms with Gasteiger partial charge in [0.1, 0.15) is 18.2 Å². The molecule has 0 aliphatic carbocycles. The van der Waals surface area contributed by atoms with Gasteiger partial charge in [-0.15, -0.1) is 6.42 Å². The van der Waals surface area contributed by atoms with Crippen LogP contribution in [0.2, 0.25) is 0 Å². The number of hydrogen-bond donors (Lipinski definition) is 1. The van der Waals surface area contributed by atoms with Gasteiger partial charge in [-0.25, -0.2) is 4.98 Å². The van der Waals surface area contributed by atoms with Crippen molar-refractivity contribution in [1.82, 2.24) is 4.98 Å². The zero-order valence-corrected chi connectivity index (χ0v) is 10.3. The number of benzene rings is 1. The van der Waals surface area contributed by atoms with Crippen LogP contribution in [-0.2, 0) is 0 Å². The molecular weight excluding hydrogens is 238 g/mol. The van der Waals surface area contributed by atoms with Crippen LogP contribution in [0, 0.1) is 12.3 Å². The van der Waals surface area contributed by atoms with E-state index in [2.05, 4.69) is 21.4 Å². The van der Waals surface area contributed by atoms with Gasteiger partial charge in [0.2, 0.25) is 0 Å². The van der Waals surface area contributed by atoms with E-state index in [1.807, 2.05) is 42.5 Å². The molecule has 0 unspecified atom stereocenters. The van der Waals surface area contributed by atoms with E-state index < -0.39 is 0 Å². The van der Waals surface area contributed by atoms with Gasteiger partial charge in [-0.05, 0) is 24.3 Å². The molecule has 0 spiro atoms. The highest BCUT2D eigenvalue weighted by molar-refractivity contribution is 5.83. The summed E-state index contributed by atoms with van der Waals surface area (Å²) in [6, 6.07) is 13.1. The van der Waals surface area contributed by atoms with Crippen molar-refractivity contribution in [2.75, 3.05) is 12.0 Å². The first-order valence-electron chi connectivity index (χ1n) is 5.75. The quantitative estimate of drug-likeness (QED) is 0.504. The molecule has 94 valence electrons. The Bertz CT molecular complexity index is 588. The van der Waals surface area contributed by atoms with Gasteiger partial charge in [-0.2, -0.15) is 5.10 Å². The lowest BCUT2D eigenvalue weighted by molar-refractivity contribution is 0.370. The highest BCUT2D eigenvalue weighted by atomic mass is 16.5. The summed E-state index contributed by atoms with van der Waals surface area (Å²) in [4.78, 5) is 4.10. The molecule has 0 saturated heterocycles. The molecule has 4 nitrogen and oxygen atoms in total. The second-order valence-corrected chi connectivity index (χ2v) is 3.62. The number of para-hydroxylation sites is 1. The van der Waals surface area contributed by atoms with Crippen LogP contribution < -0.4 is 10.2 Å². The molecule has 0 atom stereocenters. The zero-order chi connectivity index (χ0) is 13.3. The van der Waals surface area contributed by atoms with Gasteiger partial charge in [0.15, 0.2) is 0 Å². The average molecular weight is 251 g/mol. The number of pyridine rings is 1. The molecule has 1 N–H and O–H groups in total. The van der Waals surface area contributed by atoms with E-state index in [9.17, 15) is 0 Å². The Morgan fingerprint density at radius 3 is 2.89 bits per heavy atom. The summed E-state index contributed by atoms with van der Waals surface area (Å²) in [5, 5.41) is 4.11. The van der Waals surface area contributed by atoms with Crippen molar-refractivity contribution in [3.63, 3.8) is 0 Å². The largest absolute Gasteiger partial charge is 0.480 e. The minimum absolute atomic E-state index is 0.235. The summed E-state index contributed by atoms with van der Waals surface area (Å²) in [5.74, 6) is 3.82. The number of hydrazone groups is 1. The van der Waals surface area contributed by atoms with Crippen molar-refractivity contribution in [3.05, 3.63) is 54.2 Å². The molecule has 0 bridgehead atoms. The fourth-order valence-corrected chi connectivity index (χ4v) is 1.43. The van der Waals surface area contributed by atoms with E-state index in [0.29, 0.717) is 11.6 Å². The molecular formula is C15H13N3O. The summed E-state index contributed by atoms with van der Waals surface area (Å²) in [6.45, 7) is 0.235. The van der Waals surface area contributed by atoms with Gasteiger partial charge in [-0.1, -0.05) is 24.1 Å². The highest BCUT2D eigenvalue weighted by Crippen LogP contribution is 2.15. The van der Waals surface area contributed by atoms with Crippen molar-refractivity contribution < 1.29 is 4.74 Å². The molecule has 0 saturated carbocycles. The summed E-state index contributed by atoms with van der Waals surface area (Å²) >= 11 is 0. The van der Waals surface area contributed by atoms with Gasteiger partial charge in [0, 0.05) is 11.8 Å². The Morgan fingerprint density at radius 1 is 1.26 bits per heavy atom. The van der Waals surface area contributed by atoms with E-state index in [-0.39, 0.29) is 6.61 Å². The molecule has 0 aliphatic heterocycles. The number of rotatable bonds is 5. The van der Waals surface area contributed by atoms with Crippen LogP contribution in [0.15, 0.2) is 53.8 Å². The van der Waals surface area contributed by atoms with E-state index in [1.165, 1.54) is 0 Å². The number of terminal acetylenes is 1. The van der Waals surface area contributed by atoms with Crippen molar-refractivity contribution >= 4 is 12.0 Å². The van der Waals surface area contributed by atoms with Crippen LogP contribution in [0.5, 0.6) is 5.75 Å². The number of ether oxygens (including phenoxy) is 1. The summed E-state index contributed by atoms with van der Waals surface area (Å²) in [7, 11) is 0. The minimum atomic E-state index is 0.235. The predicted molar refractivity (Wildman–Crippen MR) is 76.2 cm³/mol. The maximum absolute atomic E-state index is 5.42. The number of hydrogen-bond acceptors (Lipinski definition) is 4. The maximum Gasteiger partial charge on any atom is 0.148 e. The third-order valence-electron chi connectivity index (χ3n) is 2.28. The Balaban J connectivity index is 2.04. The Morgan fingerprint density at radius 2 is 2.11 bits per heavy atom. The lowest BCUT2D eigenvalue weighted by atomic mass is 10.2. The van der Waals surface area contributed by atoms with Crippen molar-refractivity contribution in [3.8, 4) is 18.1 Å². The normalized spacial score (nSPS) is 10.1. The molecule has 0 fully saturated rings. The second kappa shape index (κ2) is 6.82. The molecule has 4 heteroatoms. The van der Waals surface area contributed by atoms with Crippen LogP contribution in [0.1, 0.15) is 5.56 Å². The van der Waals surface area contributed by atoms with Crippen molar-refractivity contribution in [2.45, 2.75) is 0 Å². The molecule has 0 radical (unpaired) electrons. The van der Waals surface area contributed by atoms with Crippen LogP contribution >= 0.6 is 0 Å². The van der Waals surface area contributed by atoms with Gasteiger partial charge >= 0.3 is 0 Å². The number of nitrogens with zero attached hydrogens (tertiary/aromatic N) is 2. The smallest absolute Gasteiger partial charge is 0.148 e. The second-order valence-electron chi connectivity index (χ2n) is 3.62. The van der Waals surface area contributed by atoms with Gasteiger partial charge in [0.05, 0.1) is 6.21 Å². The molecule has 0 aliphatic rings. The Hall–Kier alpha value is -2.80. The molecule has 2 aromatic rings. The van der Waals surface area contributed by atoms with E-state index in [0.717, 1.165) is 5.56 Å². The fraction of sp³-hybridized carbons (Fsp3) is 0.0667. The number of aromatic nitrogens is 1. The van der Waals surface area contributed by atoms with Crippen molar-refractivity contribution in [2.24, 2.45) is 5.10 Å². The summed E-state index contributed by atoms with van der Waals surface area (Å²) in [5.41, 5.74) is 3.69. The van der Waals surface area contributed by atoms with Gasteiger partial charge in [0.25, 0.3) is 0 Å². The predicted octanol–water partition coefficient (Wildman–Crippen LogP) is 2.54. The first kappa shape index (κ1) is 12.7. The Labute approximate surface area is 112 Å². The molecule has 19 heavy (non-hydrogen) atoms. The fourth-order valence-electron chi connectivity index (χ4n) is 1.43. The molecule has 2 rings (SSSR count). The van der Waals surface area contributed by atoms with Gasteiger partial charge < -0.3 is 4.74 Å². The molecule has 0 amide bonds. The summed E-state index contributed by atoms with van der Waals surface area (Å²) in [6.07, 6.45) is 8.54. The first-order valence-corrected chi connectivity index (χ1v) is 5.75. The van der Waals surface area contributed by atoms with E-state index in [4.69, 9.17) is 11.2 Å². The highest BCUT2D eigenvalue weighted by Gasteiger charge is 1.99. The minimum Gasteiger partial charge on any atom is -0.480 e. The topological polar surface area (TPSA) is 46.5 Å². The lowest BCUT2D eigenvalue weighted by Crippen LogP contribution is -1.98. The van der Waals surface area contributed by atoms with Crippen LogP contribution in [0.3, 0.4) is 0 Å². The maximum atomic E-state index is 5.42. The van der Waals surface area contributed by atoms with Crippen LogP contribution in [0.25, 0.3) is 0 Å². The Kier molecular flexibility index (Phi) is 4.54. The lowest BCUT2D eigenvalue weighted by Gasteiger charge is -2.05. The first-order chi connectivity index (χ1) is 9.40. The van der Waals surface area contributed by atoms with E-state index >= 15 is 0 Å². The standard InChI is InChI=1S/C15H13N3O/c1-2-11-19-14-8-4-3-7-13(14)12-17-18-15-9-5-6-10-16-15/h1,3-10,12H,11H2,(H,16,18)/b17-12-. The third kappa shape index (κ3) is 3.86. The van der Waals surface area contributed by atoms with Crippen LogP contribution in [0.4, 0.5) is 5.82 Å². The zero-order valence-electron chi connectivity index (χ0n) is 10.3. The van der Waals surface area contributed by atoms with Crippen LogP contribution in [-0.4, -0.2) is 17.8 Å². The number of anilines is 1. The molecule has 1 heterocycles. The van der Waals surface area contributed by atoms with Crippen molar-refractivity contribution in [1.29, 1.82) is 0 Å². The van der Waals surface area contributed by atoms with E-state index in [1.54, 1.807) is 12.4 Å². The van der Waals surface area contributed by atoms with Gasteiger partial charge in [-0.3, -0.25) is 5.43 Å². The monoisotopic (exact) mass is 251 g/mol. The third-order valence-corrected chi connectivity index (χ3v) is 2.28. The average Bonchev–Trinajstić information content (AvgIpc) is 2.47. The molecule has 1 aromatic heterocycles. The number of nitrogens with one attached hydrogen (secondary N) is 1. The SMILES string of the molecule is C#CCOc1ccccc1/C=N\Nc1ccccn1. The molecule has 1 aromatic carbocycles.